The van der Waals surface area contributed by atoms with Gasteiger partial charge in [0.1, 0.15) is 6.61 Å². The molecular formula is C14H11F3N2O2. The number of halogens is 3. The van der Waals surface area contributed by atoms with Gasteiger partial charge in [0.05, 0.1) is 5.56 Å². The number of ether oxygens (including phenoxy) is 1. The average Bonchev–Trinajstić information content (AvgIpc) is 2.46. The molecule has 21 heavy (non-hydrogen) atoms. The van der Waals surface area contributed by atoms with Crippen LogP contribution in [0.1, 0.15) is 11.1 Å². The van der Waals surface area contributed by atoms with E-state index in [1.807, 2.05) is 0 Å². The zero-order valence-corrected chi connectivity index (χ0v) is 10.7. The summed E-state index contributed by atoms with van der Waals surface area (Å²) >= 11 is 0. The number of hydrogen-bond donors (Lipinski definition) is 1. The molecule has 4 nitrogen and oxygen atoms in total. The molecule has 1 aromatic heterocycles. The molecule has 0 aliphatic carbocycles. The van der Waals surface area contributed by atoms with E-state index in [9.17, 15) is 18.0 Å². The van der Waals surface area contributed by atoms with Crippen LogP contribution in [-0.2, 0) is 17.5 Å². The molecule has 1 aromatic carbocycles. The van der Waals surface area contributed by atoms with E-state index in [-0.39, 0.29) is 12.3 Å². The van der Waals surface area contributed by atoms with Gasteiger partial charge in [-0.05, 0) is 24.3 Å². The maximum Gasteiger partial charge on any atom is 0.416 e. The standard InChI is InChI=1S/C14H11F3N2O2/c15-14(16,17)11-4-1-5-12(7-11)19-13(20)21-9-10-3-2-6-18-8-10/h1-8H,9H2,(H,19,20). The summed E-state index contributed by atoms with van der Waals surface area (Å²) in [5.74, 6) is 0. The quantitative estimate of drug-likeness (QED) is 0.936. The number of carbonyl (C=O) groups is 1. The summed E-state index contributed by atoms with van der Waals surface area (Å²) in [4.78, 5) is 15.4. The molecule has 0 atom stereocenters. The van der Waals surface area contributed by atoms with Gasteiger partial charge in [0.2, 0.25) is 0 Å². The molecule has 0 saturated heterocycles. The second kappa shape index (κ2) is 6.25. The number of rotatable bonds is 3. The van der Waals surface area contributed by atoms with Crippen LogP contribution >= 0.6 is 0 Å². The van der Waals surface area contributed by atoms with Crippen molar-refractivity contribution in [2.45, 2.75) is 12.8 Å². The summed E-state index contributed by atoms with van der Waals surface area (Å²) in [6.07, 6.45) is -2.20. The molecule has 1 amide bonds. The van der Waals surface area contributed by atoms with Crippen molar-refractivity contribution in [3.63, 3.8) is 0 Å². The van der Waals surface area contributed by atoms with E-state index >= 15 is 0 Å². The van der Waals surface area contributed by atoms with Crippen LogP contribution in [0.25, 0.3) is 0 Å². The largest absolute Gasteiger partial charge is 0.444 e. The number of carbonyl (C=O) groups excluding carboxylic acids is 1. The van der Waals surface area contributed by atoms with Crippen LogP contribution in [0.3, 0.4) is 0 Å². The molecule has 110 valence electrons. The fraction of sp³-hybridized carbons (Fsp3) is 0.143. The number of benzene rings is 1. The Kier molecular flexibility index (Phi) is 4.42. The molecule has 1 heterocycles. The number of nitrogens with one attached hydrogen (secondary N) is 1. The first kappa shape index (κ1) is 14.8. The van der Waals surface area contributed by atoms with Crippen molar-refractivity contribution >= 4 is 11.8 Å². The molecule has 0 spiro atoms. The van der Waals surface area contributed by atoms with E-state index in [2.05, 4.69) is 10.3 Å². The average molecular weight is 296 g/mol. The van der Waals surface area contributed by atoms with Crippen molar-refractivity contribution in [2.24, 2.45) is 0 Å². The van der Waals surface area contributed by atoms with Crippen molar-refractivity contribution in [1.29, 1.82) is 0 Å². The van der Waals surface area contributed by atoms with Gasteiger partial charge in [-0.1, -0.05) is 12.1 Å². The van der Waals surface area contributed by atoms with Gasteiger partial charge in [-0.3, -0.25) is 10.3 Å². The lowest BCUT2D eigenvalue weighted by molar-refractivity contribution is -0.137. The summed E-state index contributed by atoms with van der Waals surface area (Å²) in [7, 11) is 0. The third-order valence-electron chi connectivity index (χ3n) is 2.53. The van der Waals surface area contributed by atoms with Crippen molar-refractivity contribution in [2.75, 3.05) is 5.32 Å². The molecule has 0 saturated carbocycles. The predicted molar refractivity (Wildman–Crippen MR) is 69.5 cm³/mol. The third kappa shape index (κ3) is 4.48. The molecule has 0 bridgehead atoms. The molecule has 0 aliphatic heterocycles. The van der Waals surface area contributed by atoms with Gasteiger partial charge in [0, 0.05) is 23.6 Å². The van der Waals surface area contributed by atoms with Crippen molar-refractivity contribution < 1.29 is 22.7 Å². The minimum absolute atomic E-state index is 0.0148. The normalized spacial score (nSPS) is 11.0. The molecule has 0 radical (unpaired) electrons. The zero-order valence-electron chi connectivity index (χ0n) is 10.7. The van der Waals surface area contributed by atoms with Gasteiger partial charge in [-0.25, -0.2) is 4.79 Å². The lowest BCUT2D eigenvalue weighted by Crippen LogP contribution is -2.14. The molecule has 0 unspecified atom stereocenters. The van der Waals surface area contributed by atoms with E-state index < -0.39 is 17.8 Å². The monoisotopic (exact) mass is 296 g/mol. The van der Waals surface area contributed by atoms with Gasteiger partial charge in [0.15, 0.2) is 0 Å². The Morgan fingerprint density at radius 1 is 1.24 bits per heavy atom. The summed E-state index contributed by atoms with van der Waals surface area (Å²) in [6, 6.07) is 7.71. The SMILES string of the molecule is O=C(Nc1cccc(C(F)(F)F)c1)OCc1cccnc1. The smallest absolute Gasteiger partial charge is 0.416 e. The van der Waals surface area contributed by atoms with Crippen LogP contribution in [-0.4, -0.2) is 11.1 Å². The Morgan fingerprint density at radius 3 is 2.71 bits per heavy atom. The summed E-state index contributed by atoms with van der Waals surface area (Å²) in [5, 5.41) is 2.24. The second-order valence-electron chi connectivity index (χ2n) is 4.14. The van der Waals surface area contributed by atoms with Crippen molar-refractivity contribution in [1.82, 2.24) is 4.98 Å². The van der Waals surface area contributed by atoms with Gasteiger partial charge in [-0.15, -0.1) is 0 Å². The summed E-state index contributed by atoms with van der Waals surface area (Å²) < 4.78 is 42.5. The topological polar surface area (TPSA) is 51.2 Å². The second-order valence-corrected chi connectivity index (χ2v) is 4.14. The number of alkyl halides is 3. The number of nitrogens with zero attached hydrogens (tertiary/aromatic N) is 1. The Morgan fingerprint density at radius 2 is 2.05 bits per heavy atom. The highest BCUT2D eigenvalue weighted by molar-refractivity contribution is 5.84. The van der Waals surface area contributed by atoms with Gasteiger partial charge in [0.25, 0.3) is 0 Å². The maximum absolute atomic E-state index is 12.5. The number of anilines is 1. The molecule has 7 heteroatoms. The Hall–Kier alpha value is -2.57. The van der Waals surface area contributed by atoms with E-state index in [4.69, 9.17) is 4.74 Å². The minimum Gasteiger partial charge on any atom is -0.444 e. The molecule has 2 rings (SSSR count). The molecule has 0 fully saturated rings. The predicted octanol–water partition coefficient (Wildman–Crippen LogP) is 3.85. The fourth-order valence-electron chi connectivity index (χ4n) is 1.56. The molecule has 1 N–H and O–H groups in total. The maximum atomic E-state index is 12.5. The number of amides is 1. The Balaban J connectivity index is 1.94. The molecule has 0 aliphatic rings. The highest BCUT2D eigenvalue weighted by Gasteiger charge is 2.30. The third-order valence-corrected chi connectivity index (χ3v) is 2.53. The van der Waals surface area contributed by atoms with E-state index in [1.54, 1.807) is 18.3 Å². The fourth-order valence-corrected chi connectivity index (χ4v) is 1.56. The summed E-state index contributed by atoms with van der Waals surface area (Å²) in [5.41, 5.74) is -0.148. The summed E-state index contributed by atoms with van der Waals surface area (Å²) in [6.45, 7) is -0.0152. The van der Waals surface area contributed by atoms with Crippen LogP contribution in [0.4, 0.5) is 23.7 Å². The van der Waals surface area contributed by atoms with Crippen LogP contribution < -0.4 is 5.32 Å². The number of pyridine rings is 1. The van der Waals surface area contributed by atoms with Crippen LogP contribution in [0.2, 0.25) is 0 Å². The first-order valence-electron chi connectivity index (χ1n) is 5.95. The zero-order chi connectivity index (χ0) is 15.3. The lowest BCUT2D eigenvalue weighted by Gasteiger charge is -2.10. The van der Waals surface area contributed by atoms with Gasteiger partial charge in [-0.2, -0.15) is 13.2 Å². The van der Waals surface area contributed by atoms with Crippen molar-refractivity contribution in [3.8, 4) is 0 Å². The molecule has 2 aromatic rings. The van der Waals surface area contributed by atoms with Gasteiger partial charge >= 0.3 is 12.3 Å². The first-order chi connectivity index (χ1) is 9.95. The lowest BCUT2D eigenvalue weighted by atomic mass is 10.2. The van der Waals surface area contributed by atoms with Crippen LogP contribution in [0, 0.1) is 0 Å². The Bertz CT molecular complexity index is 615. The highest BCUT2D eigenvalue weighted by atomic mass is 19.4. The molecular weight excluding hydrogens is 285 g/mol. The van der Waals surface area contributed by atoms with Crippen LogP contribution in [0.15, 0.2) is 48.8 Å². The Labute approximate surface area is 118 Å². The van der Waals surface area contributed by atoms with E-state index in [0.29, 0.717) is 5.56 Å². The van der Waals surface area contributed by atoms with Gasteiger partial charge < -0.3 is 4.74 Å². The highest BCUT2D eigenvalue weighted by Crippen LogP contribution is 2.30. The van der Waals surface area contributed by atoms with E-state index in [1.165, 1.54) is 18.3 Å². The number of hydrogen-bond acceptors (Lipinski definition) is 3. The van der Waals surface area contributed by atoms with Crippen molar-refractivity contribution in [3.05, 3.63) is 59.9 Å². The minimum atomic E-state index is -4.46. The van der Waals surface area contributed by atoms with E-state index in [0.717, 1.165) is 12.1 Å². The first-order valence-corrected chi connectivity index (χ1v) is 5.95. The van der Waals surface area contributed by atoms with Crippen LogP contribution in [0.5, 0.6) is 0 Å². The number of aromatic nitrogens is 1.